The molecule has 0 saturated carbocycles. The molecule has 4 heteroatoms. The van der Waals surface area contributed by atoms with Gasteiger partial charge in [0.2, 0.25) is 0 Å². The van der Waals surface area contributed by atoms with Crippen molar-refractivity contribution in [3.8, 4) is 0 Å². The van der Waals surface area contributed by atoms with Crippen molar-refractivity contribution in [2.45, 2.75) is 40.2 Å². The topological polar surface area (TPSA) is 42.2 Å². The third-order valence-electron chi connectivity index (χ3n) is 2.66. The summed E-state index contributed by atoms with van der Waals surface area (Å²) in [7, 11) is 0. The zero-order valence-electron chi connectivity index (χ0n) is 9.37. The Morgan fingerprint density at radius 1 is 1.50 bits per heavy atom. The molecule has 1 aromatic heterocycles. The number of anilines is 2. The molecular weight excluding hydrogens is 194 g/mol. The van der Waals surface area contributed by atoms with Crippen molar-refractivity contribution in [3.63, 3.8) is 0 Å². The van der Waals surface area contributed by atoms with E-state index < -0.39 is 0 Å². The average molecular weight is 213 g/mol. The molecule has 1 unspecified atom stereocenters. The van der Waals surface area contributed by atoms with Gasteiger partial charge in [0.1, 0.15) is 10.8 Å². The summed E-state index contributed by atoms with van der Waals surface area (Å²) in [6.45, 7) is 9.66. The maximum Gasteiger partial charge on any atom is 0.142 e. The van der Waals surface area contributed by atoms with Crippen LogP contribution in [0.15, 0.2) is 0 Å². The van der Waals surface area contributed by atoms with E-state index in [9.17, 15) is 0 Å². The van der Waals surface area contributed by atoms with Gasteiger partial charge in [-0.2, -0.15) is 4.37 Å². The molecule has 0 spiro atoms. The lowest BCUT2D eigenvalue weighted by Gasteiger charge is -2.28. The molecule has 14 heavy (non-hydrogen) atoms. The van der Waals surface area contributed by atoms with Crippen LogP contribution in [0.4, 0.5) is 10.8 Å². The number of rotatable bonds is 4. The molecule has 0 aliphatic carbocycles. The number of aromatic nitrogens is 1. The van der Waals surface area contributed by atoms with Gasteiger partial charge in [0.15, 0.2) is 0 Å². The van der Waals surface area contributed by atoms with Crippen LogP contribution in [0.5, 0.6) is 0 Å². The normalized spacial score (nSPS) is 12.9. The van der Waals surface area contributed by atoms with Crippen LogP contribution in [-0.2, 0) is 0 Å². The molecule has 3 nitrogen and oxygen atoms in total. The van der Waals surface area contributed by atoms with Crippen molar-refractivity contribution in [2.24, 2.45) is 0 Å². The number of hydrogen-bond donors (Lipinski definition) is 1. The second kappa shape index (κ2) is 4.64. The smallest absolute Gasteiger partial charge is 0.142 e. The number of nitrogen functional groups attached to an aromatic ring is 1. The minimum atomic E-state index is 0.554. The quantitative estimate of drug-likeness (QED) is 0.836. The number of nitrogens with two attached hydrogens (primary N) is 1. The minimum Gasteiger partial charge on any atom is -0.383 e. The largest absolute Gasteiger partial charge is 0.383 e. The monoisotopic (exact) mass is 213 g/mol. The van der Waals surface area contributed by atoms with Crippen molar-refractivity contribution in [1.29, 1.82) is 0 Å². The molecule has 0 aromatic carbocycles. The molecule has 1 aromatic rings. The Morgan fingerprint density at radius 2 is 2.14 bits per heavy atom. The first kappa shape index (κ1) is 11.3. The molecule has 1 rings (SSSR count). The predicted octanol–water partition coefficient (Wildman–Crippen LogP) is 2.66. The molecule has 80 valence electrons. The molecule has 0 fully saturated rings. The minimum absolute atomic E-state index is 0.554. The number of nitrogens with zero attached hydrogens (tertiary/aromatic N) is 2. The van der Waals surface area contributed by atoms with Crippen molar-refractivity contribution < 1.29 is 0 Å². The van der Waals surface area contributed by atoms with E-state index in [1.54, 1.807) is 0 Å². The lowest BCUT2D eigenvalue weighted by Crippen LogP contribution is -2.32. The highest BCUT2D eigenvalue weighted by Gasteiger charge is 2.17. The Bertz CT molecular complexity index is 296. The van der Waals surface area contributed by atoms with Crippen molar-refractivity contribution >= 4 is 22.4 Å². The molecule has 2 N–H and O–H groups in total. The summed E-state index contributed by atoms with van der Waals surface area (Å²) in [4.78, 5) is 2.36. The van der Waals surface area contributed by atoms with E-state index in [4.69, 9.17) is 5.73 Å². The van der Waals surface area contributed by atoms with Gasteiger partial charge >= 0.3 is 0 Å². The van der Waals surface area contributed by atoms with Gasteiger partial charge in [-0.05, 0) is 38.7 Å². The fraction of sp³-hybridized carbons (Fsp3) is 0.700. The first-order valence-corrected chi connectivity index (χ1v) is 5.87. The van der Waals surface area contributed by atoms with Gasteiger partial charge in [0.25, 0.3) is 0 Å². The van der Waals surface area contributed by atoms with Crippen molar-refractivity contribution in [1.82, 2.24) is 4.37 Å². The van der Waals surface area contributed by atoms with Crippen LogP contribution < -0.4 is 10.6 Å². The van der Waals surface area contributed by atoms with E-state index >= 15 is 0 Å². The van der Waals surface area contributed by atoms with Gasteiger partial charge in [-0.1, -0.05) is 6.92 Å². The zero-order chi connectivity index (χ0) is 10.7. The predicted molar refractivity (Wildman–Crippen MR) is 64.0 cm³/mol. The highest BCUT2D eigenvalue weighted by Crippen LogP contribution is 2.31. The Morgan fingerprint density at radius 3 is 2.50 bits per heavy atom. The molecular formula is C10H19N3S. The first-order valence-electron chi connectivity index (χ1n) is 5.10. The summed E-state index contributed by atoms with van der Waals surface area (Å²) in [5.41, 5.74) is 6.87. The van der Waals surface area contributed by atoms with Gasteiger partial charge in [0, 0.05) is 18.2 Å². The fourth-order valence-corrected chi connectivity index (χ4v) is 2.46. The third-order valence-corrected chi connectivity index (χ3v) is 3.66. The van der Waals surface area contributed by atoms with E-state index in [1.807, 2.05) is 6.92 Å². The Labute approximate surface area is 90.1 Å². The van der Waals surface area contributed by atoms with Crippen molar-refractivity contribution in [2.75, 3.05) is 17.2 Å². The second-order valence-electron chi connectivity index (χ2n) is 3.54. The highest BCUT2D eigenvalue weighted by atomic mass is 32.1. The van der Waals surface area contributed by atoms with E-state index in [1.165, 1.54) is 16.5 Å². The van der Waals surface area contributed by atoms with Crippen LogP contribution in [0.2, 0.25) is 0 Å². The summed E-state index contributed by atoms with van der Waals surface area (Å²) in [6.07, 6.45) is 1.14. The lowest BCUT2D eigenvalue weighted by atomic mass is 10.2. The van der Waals surface area contributed by atoms with Gasteiger partial charge in [-0.15, -0.1) is 0 Å². The van der Waals surface area contributed by atoms with Crippen LogP contribution in [0.3, 0.4) is 0 Å². The maximum absolute atomic E-state index is 5.75. The van der Waals surface area contributed by atoms with E-state index in [0.717, 1.165) is 18.5 Å². The van der Waals surface area contributed by atoms with Crippen LogP contribution in [0, 0.1) is 6.92 Å². The number of hydrogen-bond acceptors (Lipinski definition) is 4. The van der Waals surface area contributed by atoms with E-state index in [0.29, 0.717) is 11.9 Å². The lowest BCUT2D eigenvalue weighted by molar-refractivity contribution is 0.633. The molecule has 0 radical (unpaired) electrons. The summed E-state index contributed by atoms with van der Waals surface area (Å²) in [5.74, 6) is 0.673. The standard InChI is InChI=1S/C10H19N3S/c1-5-7(3)13(6-2)10-8(4)9(11)12-14-10/h7H,5-6H2,1-4H3,(H2,11,12). The van der Waals surface area contributed by atoms with Gasteiger partial charge in [-0.3, -0.25) is 0 Å². The van der Waals surface area contributed by atoms with Gasteiger partial charge in [0.05, 0.1) is 0 Å². The van der Waals surface area contributed by atoms with Crippen LogP contribution >= 0.6 is 11.5 Å². The third kappa shape index (κ3) is 2.00. The second-order valence-corrected chi connectivity index (χ2v) is 4.29. The fourth-order valence-electron chi connectivity index (χ4n) is 1.48. The molecule has 0 bridgehead atoms. The molecule has 0 aliphatic rings. The molecule has 1 heterocycles. The van der Waals surface area contributed by atoms with Crippen molar-refractivity contribution in [3.05, 3.63) is 5.56 Å². The van der Waals surface area contributed by atoms with Crippen LogP contribution in [0.1, 0.15) is 32.8 Å². The Kier molecular flexibility index (Phi) is 3.75. The van der Waals surface area contributed by atoms with Gasteiger partial charge < -0.3 is 10.6 Å². The average Bonchev–Trinajstić information content (AvgIpc) is 2.50. The molecule has 1 atom stereocenters. The summed E-state index contributed by atoms with van der Waals surface area (Å²) < 4.78 is 4.18. The van der Waals surface area contributed by atoms with Crippen LogP contribution in [0.25, 0.3) is 0 Å². The molecule has 0 saturated heterocycles. The Balaban J connectivity index is 2.94. The van der Waals surface area contributed by atoms with Crippen LogP contribution in [-0.4, -0.2) is 17.0 Å². The molecule has 0 aliphatic heterocycles. The summed E-state index contributed by atoms with van der Waals surface area (Å²) in [6, 6.07) is 0.554. The first-order chi connectivity index (χ1) is 6.61. The molecule has 0 amide bonds. The van der Waals surface area contributed by atoms with E-state index in [2.05, 4.69) is 30.0 Å². The van der Waals surface area contributed by atoms with Gasteiger partial charge in [-0.25, -0.2) is 0 Å². The zero-order valence-corrected chi connectivity index (χ0v) is 10.2. The maximum atomic E-state index is 5.75. The summed E-state index contributed by atoms with van der Waals surface area (Å²) >= 11 is 1.50. The summed E-state index contributed by atoms with van der Waals surface area (Å²) in [5, 5.41) is 1.22. The van der Waals surface area contributed by atoms with E-state index in [-0.39, 0.29) is 0 Å². The highest BCUT2D eigenvalue weighted by molar-refractivity contribution is 7.10. The SMILES string of the molecule is CCC(C)N(CC)c1snc(N)c1C. The Hall–Kier alpha value is -0.770.